The van der Waals surface area contributed by atoms with E-state index in [1.54, 1.807) is 12.1 Å². The van der Waals surface area contributed by atoms with E-state index >= 15 is 0 Å². The Bertz CT molecular complexity index is 630. The summed E-state index contributed by atoms with van der Waals surface area (Å²) in [6.07, 6.45) is 0. The van der Waals surface area contributed by atoms with Crippen molar-refractivity contribution in [3.05, 3.63) is 52.6 Å². The molecule has 0 atom stereocenters. The first-order chi connectivity index (χ1) is 10.1. The summed E-state index contributed by atoms with van der Waals surface area (Å²) in [4.78, 5) is 0. The average molecular weight is 314 g/mol. The Morgan fingerprint density at radius 2 is 1.76 bits per heavy atom. The van der Waals surface area contributed by atoms with Crippen molar-refractivity contribution in [3.8, 4) is 11.5 Å². The van der Waals surface area contributed by atoms with Crippen molar-refractivity contribution in [1.29, 1.82) is 0 Å². The van der Waals surface area contributed by atoms with E-state index in [1.165, 1.54) is 32.4 Å². The number of methoxy groups -OCH3 is 2. The molecule has 2 aromatic carbocycles. The van der Waals surface area contributed by atoms with E-state index in [0.29, 0.717) is 22.1 Å². The molecule has 0 aliphatic heterocycles. The lowest BCUT2D eigenvalue weighted by molar-refractivity contribution is 0.355. The quantitative estimate of drug-likeness (QED) is 0.895. The van der Waals surface area contributed by atoms with Gasteiger partial charge in [-0.2, -0.15) is 0 Å². The summed E-state index contributed by atoms with van der Waals surface area (Å²) in [7, 11) is 2.97. The van der Waals surface area contributed by atoms with Gasteiger partial charge < -0.3 is 14.8 Å². The summed E-state index contributed by atoms with van der Waals surface area (Å²) in [6.45, 7) is 0.192. The molecular weight excluding hydrogens is 300 g/mol. The van der Waals surface area contributed by atoms with Crippen LogP contribution in [0.15, 0.2) is 30.3 Å². The second kappa shape index (κ2) is 6.63. The van der Waals surface area contributed by atoms with Crippen molar-refractivity contribution in [3.63, 3.8) is 0 Å². The summed E-state index contributed by atoms with van der Waals surface area (Å²) in [6, 6.07) is 7.02. The fourth-order valence-electron chi connectivity index (χ4n) is 1.93. The number of ether oxygens (including phenoxy) is 2. The molecule has 6 heteroatoms. The van der Waals surface area contributed by atoms with Gasteiger partial charge in [-0.05, 0) is 29.8 Å². The summed E-state index contributed by atoms with van der Waals surface area (Å²) >= 11 is 6.08. The van der Waals surface area contributed by atoms with Crippen molar-refractivity contribution in [1.82, 2.24) is 0 Å². The monoisotopic (exact) mass is 313 g/mol. The lowest BCUT2D eigenvalue weighted by Gasteiger charge is -2.13. The number of benzene rings is 2. The molecular formula is C15H14ClF2NO2. The third kappa shape index (κ3) is 3.36. The van der Waals surface area contributed by atoms with Gasteiger partial charge in [-0.25, -0.2) is 8.78 Å². The SMILES string of the molecule is COc1cc(CNc2c(F)cccc2F)cc(Cl)c1OC. The normalized spacial score (nSPS) is 10.3. The van der Waals surface area contributed by atoms with E-state index in [-0.39, 0.29) is 12.2 Å². The predicted molar refractivity (Wildman–Crippen MR) is 78.2 cm³/mol. The van der Waals surface area contributed by atoms with Gasteiger partial charge in [0.15, 0.2) is 11.5 Å². The fourth-order valence-corrected chi connectivity index (χ4v) is 2.24. The van der Waals surface area contributed by atoms with Gasteiger partial charge in [0.1, 0.15) is 17.3 Å². The standard InChI is InChI=1S/C15H14ClF2NO2/c1-20-13-7-9(6-10(16)15(13)21-2)8-19-14-11(17)4-3-5-12(14)18/h3-7,19H,8H2,1-2H3. The molecule has 0 amide bonds. The van der Waals surface area contributed by atoms with E-state index in [1.807, 2.05) is 0 Å². The molecule has 0 bridgehead atoms. The lowest BCUT2D eigenvalue weighted by Crippen LogP contribution is -2.04. The topological polar surface area (TPSA) is 30.5 Å². The number of para-hydroxylation sites is 1. The Morgan fingerprint density at radius 3 is 2.33 bits per heavy atom. The number of hydrogen-bond acceptors (Lipinski definition) is 3. The van der Waals surface area contributed by atoms with Crippen LogP contribution in [-0.4, -0.2) is 14.2 Å². The van der Waals surface area contributed by atoms with Crippen molar-refractivity contribution >= 4 is 17.3 Å². The molecule has 0 fully saturated rings. The predicted octanol–water partition coefficient (Wildman–Crippen LogP) is 4.25. The largest absolute Gasteiger partial charge is 0.493 e. The first kappa shape index (κ1) is 15.4. The van der Waals surface area contributed by atoms with Crippen LogP contribution in [0, 0.1) is 11.6 Å². The number of hydrogen-bond donors (Lipinski definition) is 1. The van der Waals surface area contributed by atoms with Crippen LogP contribution in [0.5, 0.6) is 11.5 Å². The van der Waals surface area contributed by atoms with Gasteiger partial charge in [0.2, 0.25) is 0 Å². The van der Waals surface area contributed by atoms with E-state index in [0.717, 1.165) is 0 Å². The third-order valence-corrected chi connectivity index (χ3v) is 3.21. The molecule has 2 rings (SSSR count). The number of anilines is 1. The smallest absolute Gasteiger partial charge is 0.179 e. The van der Waals surface area contributed by atoms with Gasteiger partial charge in [0, 0.05) is 6.54 Å². The van der Waals surface area contributed by atoms with Crippen molar-refractivity contribution in [2.24, 2.45) is 0 Å². The van der Waals surface area contributed by atoms with Crippen LogP contribution < -0.4 is 14.8 Å². The van der Waals surface area contributed by atoms with Crippen molar-refractivity contribution in [2.45, 2.75) is 6.54 Å². The summed E-state index contributed by atoms with van der Waals surface area (Å²) in [5.41, 5.74) is 0.531. The Labute approximate surface area is 126 Å². The van der Waals surface area contributed by atoms with E-state index in [9.17, 15) is 8.78 Å². The maximum atomic E-state index is 13.5. The molecule has 0 saturated carbocycles. The first-order valence-electron chi connectivity index (χ1n) is 6.15. The molecule has 112 valence electrons. The maximum Gasteiger partial charge on any atom is 0.179 e. The first-order valence-corrected chi connectivity index (χ1v) is 6.53. The highest BCUT2D eigenvalue weighted by Crippen LogP contribution is 2.36. The highest BCUT2D eigenvalue weighted by atomic mass is 35.5. The van der Waals surface area contributed by atoms with E-state index < -0.39 is 11.6 Å². The average Bonchev–Trinajstić information content (AvgIpc) is 2.46. The second-order valence-corrected chi connectivity index (χ2v) is 4.67. The van der Waals surface area contributed by atoms with Crippen LogP contribution in [0.1, 0.15) is 5.56 Å². The molecule has 1 N–H and O–H groups in total. The van der Waals surface area contributed by atoms with E-state index in [2.05, 4.69) is 5.32 Å². The highest BCUT2D eigenvalue weighted by Gasteiger charge is 2.12. The van der Waals surface area contributed by atoms with Gasteiger partial charge in [0.25, 0.3) is 0 Å². The molecule has 0 unspecified atom stereocenters. The van der Waals surface area contributed by atoms with Gasteiger partial charge in [-0.15, -0.1) is 0 Å². The molecule has 0 saturated heterocycles. The Balaban J connectivity index is 2.23. The fraction of sp³-hybridized carbons (Fsp3) is 0.200. The molecule has 0 spiro atoms. The maximum absolute atomic E-state index is 13.5. The van der Waals surface area contributed by atoms with Gasteiger partial charge in [-0.3, -0.25) is 0 Å². The molecule has 3 nitrogen and oxygen atoms in total. The zero-order valence-electron chi connectivity index (χ0n) is 11.5. The zero-order valence-corrected chi connectivity index (χ0v) is 12.3. The van der Waals surface area contributed by atoms with Crippen LogP contribution in [0.25, 0.3) is 0 Å². The minimum atomic E-state index is -0.651. The molecule has 0 aliphatic rings. The van der Waals surface area contributed by atoms with Crippen LogP contribution in [0.3, 0.4) is 0 Å². The Hall–Kier alpha value is -2.01. The number of rotatable bonds is 5. The molecule has 0 aliphatic carbocycles. The van der Waals surface area contributed by atoms with Crippen LogP contribution in [0.2, 0.25) is 5.02 Å². The summed E-state index contributed by atoms with van der Waals surface area (Å²) in [5.74, 6) is -0.432. The molecule has 0 heterocycles. The zero-order chi connectivity index (χ0) is 15.4. The minimum Gasteiger partial charge on any atom is -0.493 e. The molecule has 2 aromatic rings. The minimum absolute atomic E-state index is 0.177. The molecule has 0 aromatic heterocycles. The van der Waals surface area contributed by atoms with Gasteiger partial charge >= 0.3 is 0 Å². The molecule has 21 heavy (non-hydrogen) atoms. The highest BCUT2D eigenvalue weighted by molar-refractivity contribution is 6.32. The Kier molecular flexibility index (Phi) is 4.85. The number of halogens is 3. The number of nitrogens with one attached hydrogen (secondary N) is 1. The van der Waals surface area contributed by atoms with Gasteiger partial charge in [-0.1, -0.05) is 17.7 Å². The Morgan fingerprint density at radius 1 is 1.10 bits per heavy atom. The van der Waals surface area contributed by atoms with Crippen molar-refractivity contribution in [2.75, 3.05) is 19.5 Å². The van der Waals surface area contributed by atoms with Gasteiger partial charge in [0.05, 0.1) is 19.2 Å². The van der Waals surface area contributed by atoms with Crippen LogP contribution in [0.4, 0.5) is 14.5 Å². The summed E-state index contributed by atoms with van der Waals surface area (Å²) in [5, 5.41) is 3.07. The van der Waals surface area contributed by atoms with Crippen LogP contribution in [-0.2, 0) is 6.54 Å². The van der Waals surface area contributed by atoms with E-state index in [4.69, 9.17) is 21.1 Å². The van der Waals surface area contributed by atoms with Crippen molar-refractivity contribution < 1.29 is 18.3 Å². The third-order valence-electron chi connectivity index (χ3n) is 2.93. The van der Waals surface area contributed by atoms with Crippen LogP contribution >= 0.6 is 11.6 Å². The lowest BCUT2D eigenvalue weighted by atomic mass is 10.2. The summed E-state index contributed by atoms with van der Waals surface area (Å²) < 4.78 is 37.3. The second-order valence-electron chi connectivity index (χ2n) is 4.26. The molecule has 0 radical (unpaired) electrons.